The molecule has 8 heteroatoms. The summed E-state index contributed by atoms with van der Waals surface area (Å²) in [5.74, 6) is -0.0495. The van der Waals surface area contributed by atoms with Gasteiger partial charge in [-0.3, -0.25) is 9.98 Å². The van der Waals surface area contributed by atoms with Crippen molar-refractivity contribution < 1.29 is 26.3 Å². The second kappa shape index (κ2) is 7.18. The van der Waals surface area contributed by atoms with E-state index in [-0.39, 0.29) is 22.7 Å². The molecule has 2 aliphatic carbocycles. The lowest BCUT2D eigenvalue weighted by atomic mass is 9.70. The molecule has 0 aliphatic heterocycles. The van der Waals surface area contributed by atoms with Gasteiger partial charge in [-0.1, -0.05) is 32.9 Å². The smallest absolute Gasteiger partial charge is 0.251 e. The van der Waals surface area contributed by atoms with Gasteiger partial charge in [-0.25, -0.2) is 0 Å². The van der Waals surface area contributed by atoms with Crippen LogP contribution in [0.2, 0.25) is 0 Å². The first kappa shape index (κ1) is 22.6. The topological polar surface area (TPSA) is 24.7 Å². The van der Waals surface area contributed by atoms with E-state index in [1.54, 1.807) is 0 Å². The average Bonchev–Trinajstić information content (AvgIpc) is 3.00. The number of benzene rings is 2. The highest BCUT2D eigenvalue weighted by atomic mass is 19.4. The Kier molecular flexibility index (Phi) is 5.06. The molecule has 2 bridgehead atoms. The summed E-state index contributed by atoms with van der Waals surface area (Å²) in [4.78, 5) is 9.16. The van der Waals surface area contributed by atoms with Crippen molar-refractivity contribution in [2.24, 2.45) is 26.7 Å². The van der Waals surface area contributed by atoms with Gasteiger partial charge in [0.25, 0.3) is 0 Å². The zero-order chi connectivity index (χ0) is 23.5. The van der Waals surface area contributed by atoms with E-state index in [0.717, 1.165) is 37.1 Å². The number of fused-ring (bicyclic) bond motifs is 2. The van der Waals surface area contributed by atoms with Gasteiger partial charge in [-0.2, -0.15) is 26.3 Å². The molecule has 0 saturated heterocycles. The van der Waals surface area contributed by atoms with Gasteiger partial charge in [-0.15, -0.1) is 0 Å². The van der Waals surface area contributed by atoms with Gasteiger partial charge in [0, 0.05) is 11.3 Å². The Hall–Kier alpha value is -2.64. The van der Waals surface area contributed by atoms with Crippen molar-refractivity contribution in [3.05, 3.63) is 59.7 Å². The number of hydrogen-bond acceptors (Lipinski definition) is 2. The first-order valence-corrected chi connectivity index (χ1v) is 10.3. The molecular weight excluding hydrogens is 430 g/mol. The molecule has 2 unspecified atom stereocenters. The van der Waals surface area contributed by atoms with Crippen molar-refractivity contribution in [3.8, 4) is 0 Å². The highest BCUT2D eigenvalue weighted by Gasteiger charge is 2.63. The highest BCUT2D eigenvalue weighted by Crippen LogP contribution is 2.63. The predicted octanol–water partition coefficient (Wildman–Crippen LogP) is 8.03. The van der Waals surface area contributed by atoms with Crippen LogP contribution in [-0.4, -0.2) is 11.4 Å². The molecule has 4 rings (SSSR count). The quantitative estimate of drug-likeness (QED) is 0.412. The molecule has 32 heavy (non-hydrogen) atoms. The van der Waals surface area contributed by atoms with Crippen LogP contribution in [0.25, 0.3) is 0 Å². The maximum atomic E-state index is 13.2. The van der Waals surface area contributed by atoms with Crippen molar-refractivity contribution in [2.75, 3.05) is 0 Å². The third-order valence-corrected chi connectivity index (χ3v) is 7.16. The van der Waals surface area contributed by atoms with Gasteiger partial charge in [0.1, 0.15) is 0 Å². The minimum atomic E-state index is -4.50. The Balaban J connectivity index is 1.85. The van der Waals surface area contributed by atoms with Crippen molar-refractivity contribution in [2.45, 2.75) is 46.0 Å². The van der Waals surface area contributed by atoms with Crippen molar-refractivity contribution in [3.63, 3.8) is 0 Å². The molecule has 2 aromatic rings. The third kappa shape index (κ3) is 3.63. The number of nitrogens with zero attached hydrogens (tertiary/aromatic N) is 2. The van der Waals surface area contributed by atoms with E-state index in [9.17, 15) is 26.3 Å². The van der Waals surface area contributed by atoms with E-state index in [0.29, 0.717) is 11.4 Å². The molecule has 2 aliphatic rings. The number of aliphatic imine (C=N–C) groups is 2. The first-order valence-electron chi connectivity index (χ1n) is 10.3. The van der Waals surface area contributed by atoms with Crippen LogP contribution < -0.4 is 0 Å². The van der Waals surface area contributed by atoms with Gasteiger partial charge >= 0.3 is 12.4 Å². The molecule has 0 amide bonds. The zero-order valence-electron chi connectivity index (χ0n) is 17.8. The minimum absolute atomic E-state index is 0.0495. The van der Waals surface area contributed by atoms with Crippen molar-refractivity contribution in [1.82, 2.24) is 0 Å². The molecule has 0 N–H and O–H groups in total. The summed E-state index contributed by atoms with van der Waals surface area (Å²) in [5.41, 5.74) is -0.932. The summed E-state index contributed by atoms with van der Waals surface area (Å²) in [5, 5.41) is 0. The Morgan fingerprint density at radius 2 is 1.28 bits per heavy atom. The molecule has 2 fully saturated rings. The van der Waals surface area contributed by atoms with E-state index in [1.807, 2.05) is 6.92 Å². The zero-order valence-corrected chi connectivity index (χ0v) is 17.8. The average molecular weight is 452 g/mol. The lowest BCUT2D eigenvalue weighted by Gasteiger charge is -2.33. The van der Waals surface area contributed by atoms with Crippen molar-refractivity contribution >= 4 is 22.8 Å². The summed E-state index contributed by atoms with van der Waals surface area (Å²) < 4.78 is 78.9. The predicted molar refractivity (Wildman–Crippen MR) is 112 cm³/mol. The lowest BCUT2D eigenvalue weighted by Crippen LogP contribution is -2.33. The Labute approximate surface area is 182 Å². The van der Waals surface area contributed by atoms with Crippen LogP contribution in [-0.2, 0) is 12.4 Å². The molecular formula is C24H22F6N2. The largest absolute Gasteiger partial charge is 0.416 e. The second-order valence-corrected chi connectivity index (χ2v) is 9.20. The standard InChI is InChI=1S/C24H22F6N2/c1-21(2)18-10-11-22(21,3)20(32-17-9-5-7-15(13-17)24(28,29)30)19(18)31-16-8-4-6-14(12-16)23(25,26)27/h4-9,12-13,18H,10-11H2,1-3H3. The molecule has 0 spiro atoms. The van der Waals surface area contributed by atoms with E-state index in [4.69, 9.17) is 0 Å². The van der Waals surface area contributed by atoms with Gasteiger partial charge in [-0.05, 0) is 54.7 Å². The summed E-state index contributed by atoms with van der Waals surface area (Å²) in [6.45, 7) is 6.12. The molecule has 2 nitrogen and oxygen atoms in total. The van der Waals surface area contributed by atoms with E-state index < -0.39 is 28.9 Å². The van der Waals surface area contributed by atoms with E-state index in [2.05, 4.69) is 23.8 Å². The molecule has 170 valence electrons. The molecule has 2 aromatic carbocycles. The molecule has 0 heterocycles. The minimum Gasteiger partial charge on any atom is -0.251 e. The van der Waals surface area contributed by atoms with E-state index in [1.165, 1.54) is 24.3 Å². The van der Waals surface area contributed by atoms with Gasteiger partial charge in [0.2, 0.25) is 0 Å². The number of alkyl halides is 6. The maximum Gasteiger partial charge on any atom is 0.416 e. The molecule has 0 radical (unpaired) electrons. The van der Waals surface area contributed by atoms with Crippen LogP contribution in [0.3, 0.4) is 0 Å². The van der Waals surface area contributed by atoms with Gasteiger partial charge in [0.15, 0.2) is 0 Å². The number of halogens is 6. The summed E-state index contributed by atoms with van der Waals surface area (Å²) in [6.07, 6.45) is -7.42. The second-order valence-electron chi connectivity index (χ2n) is 9.20. The fraction of sp³-hybridized carbons (Fsp3) is 0.417. The van der Waals surface area contributed by atoms with Gasteiger partial charge < -0.3 is 0 Å². The molecule has 2 atom stereocenters. The van der Waals surface area contributed by atoms with Gasteiger partial charge in [0.05, 0.1) is 33.9 Å². The maximum absolute atomic E-state index is 13.2. The van der Waals surface area contributed by atoms with E-state index >= 15 is 0 Å². The Bertz CT molecular complexity index is 1110. The monoisotopic (exact) mass is 452 g/mol. The third-order valence-electron chi connectivity index (χ3n) is 7.16. The summed E-state index contributed by atoms with van der Waals surface area (Å²) in [6, 6.07) is 9.50. The summed E-state index contributed by atoms with van der Waals surface area (Å²) >= 11 is 0. The highest BCUT2D eigenvalue weighted by molar-refractivity contribution is 6.48. The Morgan fingerprint density at radius 3 is 1.78 bits per heavy atom. The lowest BCUT2D eigenvalue weighted by molar-refractivity contribution is -0.138. The SMILES string of the molecule is CC12CCC(C(=Nc3cccc(C(F)(F)F)c3)C1=Nc1cccc(C(F)(F)F)c1)C2(C)C. The first-order chi connectivity index (χ1) is 14.7. The summed E-state index contributed by atoms with van der Waals surface area (Å²) in [7, 11) is 0. The normalized spacial score (nSPS) is 27.5. The van der Waals surface area contributed by atoms with Crippen molar-refractivity contribution in [1.29, 1.82) is 0 Å². The van der Waals surface area contributed by atoms with Crippen LogP contribution in [0.15, 0.2) is 58.5 Å². The Morgan fingerprint density at radius 1 is 0.781 bits per heavy atom. The molecule has 2 saturated carbocycles. The fourth-order valence-corrected chi connectivity index (χ4v) is 4.93. The fourth-order valence-electron chi connectivity index (χ4n) is 4.93. The van der Waals surface area contributed by atoms with Crippen LogP contribution >= 0.6 is 0 Å². The van der Waals surface area contributed by atoms with Crippen LogP contribution in [0.1, 0.15) is 44.7 Å². The van der Waals surface area contributed by atoms with Crippen LogP contribution in [0, 0.1) is 16.7 Å². The number of hydrogen-bond donors (Lipinski definition) is 0. The van der Waals surface area contributed by atoms with Crippen LogP contribution in [0.5, 0.6) is 0 Å². The molecule has 0 aromatic heterocycles. The number of rotatable bonds is 2. The van der Waals surface area contributed by atoms with Crippen LogP contribution in [0.4, 0.5) is 37.7 Å².